The fraction of sp³-hybridized carbons (Fsp3) is 0.188. The lowest BCUT2D eigenvalue weighted by molar-refractivity contribution is -0.117. The molecule has 1 amide bonds. The summed E-state index contributed by atoms with van der Waals surface area (Å²) in [5, 5.41) is 3.19. The van der Waals surface area contributed by atoms with Crippen LogP contribution in [0.2, 0.25) is 15.1 Å². The fourth-order valence-corrected chi connectivity index (χ4v) is 4.19. The Morgan fingerprint density at radius 2 is 1.73 bits per heavy atom. The van der Waals surface area contributed by atoms with Gasteiger partial charge in [0.1, 0.15) is 10.6 Å². The molecule has 0 unspecified atom stereocenters. The molecule has 6 nitrogen and oxygen atoms in total. The Kier molecular flexibility index (Phi) is 6.76. The number of sulfonamides is 1. The molecule has 140 valence electrons. The topological polar surface area (TPSA) is 84.5 Å². The Morgan fingerprint density at radius 1 is 1.12 bits per heavy atom. The number of amides is 1. The second-order valence-corrected chi connectivity index (χ2v) is 8.16. The number of hydrogen-bond acceptors (Lipinski definition) is 4. The number of carbonyl (C=O) groups is 1. The van der Waals surface area contributed by atoms with Gasteiger partial charge in [-0.2, -0.15) is 4.72 Å². The Balaban J connectivity index is 2.22. The maximum absolute atomic E-state index is 12.6. The Morgan fingerprint density at radius 3 is 2.31 bits per heavy atom. The zero-order chi connectivity index (χ0) is 19.5. The van der Waals surface area contributed by atoms with Gasteiger partial charge in [0.05, 0.1) is 28.9 Å². The number of ether oxygens (including phenoxy) is 1. The Bertz CT molecular complexity index is 915. The van der Waals surface area contributed by atoms with Crippen LogP contribution in [0, 0.1) is 0 Å². The van der Waals surface area contributed by atoms with E-state index in [1.807, 2.05) is 0 Å². The molecule has 0 aliphatic rings. The number of halogens is 3. The van der Waals surface area contributed by atoms with Crippen molar-refractivity contribution in [1.82, 2.24) is 4.72 Å². The van der Waals surface area contributed by atoms with Crippen LogP contribution < -0.4 is 14.8 Å². The average molecular weight is 438 g/mol. The average Bonchev–Trinajstić information content (AvgIpc) is 2.57. The summed E-state index contributed by atoms with van der Waals surface area (Å²) >= 11 is 17.9. The standard InChI is InChI=1S/C16H15Cl3N2O4S/c1-9(16(22)20-15-11(18)4-3-5-12(15)19)21-26(23,24)14-8-10(17)6-7-13(14)25-2/h3-9,21H,1-2H3,(H,20,22)/t9-/m1/s1. The summed E-state index contributed by atoms with van der Waals surface area (Å²) in [5.41, 5.74) is 0.201. The van der Waals surface area contributed by atoms with Crippen LogP contribution in [0.5, 0.6) is 5.75 Å². The maximum atomic E-state index is 12.6. The lowest BCUT2D eigenvalue weighted by Gasteiger charge is -2.17. The van der Waals surface area contributed by atoms with E-state index in [1.165, 1.54) is 32.2 Å². The van der Waals surface area contributed by atoms with E-state index >= 15 is 0 Å². The predicted molar refractivity (Wildman–Crippen MR) is 103 cm³/mol. The summed E-state index contributed by atoms with van der Waals surface area (Å²) in [6.45, 7) is 1.38. The molecule has 26 heavy (non-hydrogen) atoms. The number of benzene rings is 2. The van der Waals surface area contributed by atoms with Crippen molar-refractivity contribution in [3.8, 4) is 5.75 Å². The summed E-state index contributed by atoms with van der Waals surface area (Å²) in [7, 11) is -2.74. The van der Waals surface area contributed by atoms with Gasteiger partial charge in [0.25, 0.3) is 0 Å². The second-order valence-electron chi connectivity index (χ2n) is 5.22. The van der Waals surface area contributed by atoms with E-state index in [0.717, 1.165) is 0 Å². The van der Waals surface area contributed by atoms with Crippen molar-refractivity contribution in [2.24, 2.45) is 0 Å². The molecule has 0 aliphatic heterocycles. The van der Waals surface area contributed by atoms with Gasteiger partial charge in [-0.15, -0.1) is 0 Å². The molecule has 0 heterocycles. The van der Waals surface area contributed by atoms with Crippen LogP contribution in [0.4, 0.5) is 5.69 Å². The van der Waals surface area contributed by atoms with E-state index in [9.17, 15) is 13.2 Å². The SMILES string of the molecule is COc1ccc(Cl)cc1S(=O)(=O)N[C@H](C)C(=O)Nc1c(Cl)cccc1Cl. The quantitative estimate of drug-likeness (QED) is 0.716. The fourth-order valence-electron chi connectivity index (χ4n) is 2.06. The first-order chi connectivity index (χ1) is 12.2. The van der Waals surface area contributed by atoms with E-state index in [1.54, 1.807) is 18.2 Å². The minimum absolute atomic E-state index is 0.101. The largest absolute Gasteiger partial charge is 0.495 e. The monoisotopic (exact) mass is 436 g/mol. The smallest absolute Gasteiger partial charge is 0.245 e. The lowest BCUT2D eigenvalue weighted by Crippen LogP contribution is -2.41. The minimum Gasteiger partial charge on any atom is -0.495 e. The summed E-state index contributed by atoms with van der Waals surface area (Å²) in [6.07, 6.45) is 0. The highest BCUT2D eigenvalue weighted by molar-refractivity contribution is 7.89. The van der Waals surface area contributed by atoms with Crippen molar-refractivity contribution in [3.05, 3.63) is 51.5 Å². The van der Waals surface area contributed by atoms with Gasteiger partial charge in [-0.25, -0.2) is 8.42 Å². The van der Waals surface area contributed by atoms with E-state index in [0.29, 0.717) is 0 Å². The highest BCUT2D eigenvalue weighted by atomic mass is 35.5. The van der Waals surface area contributed by atoms with Crippen LogP contribution in [0.3, 0.4) is 0 Å². The van der Waals surface area contributed by atoms with Crippen LogP contribution in [-0.4, -0.2) is 27.5 Å². The van der Waals surface area contributed by atoms with Crippen molar-refractivity contribution in [2.75, 3.05) is 12.4 Å². The molecule has 0 saturated carbocycles. The molecular formula is C16H15Cl3N2O4S. The van der Waals surface area contributed by atoms with Crippen molar-refractivity contribution < 1.29 is 17.9 Å². The number of para-hydroxylation sites is 1. The zero-order valence-electron chi connectivity index (χ0n) is 13.7. The third kappa shape index (κ3) is 4.81. The van der Waals surface area contributed by atoms with Crippen molar-refractivity contribution in [3.63, 3.8) is 0 Å². The molecule has 0 radical (unpaired) electrons. The third-order valence-corrected chi connectivity index (χ3v) is 5.78. The van der Waals surface area contributed by atoms with Crippen molar-refractivity contribution in [1.29, 1.82) is 0 Å². The number of methoxy groups -OCH3 is 1. The molecule has 1 atom stereocenters. The van der Waals surface area contributed by atoms with Crippen LogP contribution in [0.1, 0.15) is 6.92 Å². The first-order valence-corrected chi connectivity index (χ1v) is 9.88. The molecule has 2 N–H and O–H groups in total. The van der Waals surface area contributed by atoms with Gasteiger partial charge in [0.15, 0.2) is 0 Å². The number of nitrogens with one attached hydrogen (secondary N) is 2. The summed E-state index contributed by atoms with van der Waals surface area (Å²) in [6, 6.07) is 7.76. The molecule has 0 spiro atoms. The van der Waals surface area contributed by atoms with Crippen molar-refractivity contribution >= 4 is 56.4 Å². The predicted octanol–water partition coefficient (Wildman–Crippen LogP) is 3.96. The highest BCUT2D eigenvalue weighted by Crippen LogP contribution is 2.30. The van der Waals surface area contributed by atoms with Crippen LogP contribution in [0.25, 0.3) is 0 Å². The summed E-state index contributed by atoms with van der Waals surface area (Å²) < 4.78 is 32.5. The van der Waals surface area contributed by atoms with Gasteiger partial charge in [-0.3, -0.25) is 4.79 Å². The first kappa shape index (κ1) is 20.8. The van der Waals surface area contributed by atoms with Crippen LogP contribution in [0.15, 0.2) is 41.3 Å². The molecule has 0 fully saturated rings. The number of carbonyl (C=O) groups excluding carboxylic acids is 1. The van der Waals surface area contributed by atoms with E-state index < -0.39 is 22.0 Å². The molecule has 0 saturated heterocycles. The third-order valence-electron chi connectivity index (χ3n) is 3.35. The molecule has 2 aromatic carbocycles. The van der Waals surface area contributed by atoms with Crippen LogP contribution in [-0.2, 0) is 14.8 Å². The van der Waals surface area contributed by atoms with E-state index in [2.05, 4.69) is 10.0 Å². The van der Waals surface area contributed by atoms with Gasteiger partial charge in [0.2, 0.25) is 15.9 Å². The molecule has 0 bridgehead atoms. The molecular weight excluding hydrogens is 423 g/mol. The number of hydrogen-bond donors (Lipinski definition) is 2. The van der Waals surface area contributed by atoms with Gasteiger partial charge in [-0.1, -0.05) is 40.9 Å². The molecule has 2 aromatic rings. The Labute approximate surface area is 166 Å². The normalized spacial score (nSPS) is 12.5. The van der Waals surface area contributed by atoms with Gasteiger partial charge in [0, 0.05) is 5.02 Å². The summed E-state index contributed by atoms with van der Waals surface area (Å²) in [4.78, 5) is 12.2. The Hall–Kier alpha value is -1.51. The first-order valence-electron chi connectivity index (χ1n) is 7.26. The number of anilines is 1. The van der Waals surface area contributed by atoms with Crippen molar-refractivity contribution in [2.45, 2.75) is 17.9 Å². The molecule has 10 heteroatoms. The highest BCUT2D eigenvalue weighted by Gasteiger charge is 2.26. The van der Waals surface area contributed by atoms with E-state index in [4.69, 9.17) is 39.5 Å². The molecule has 0 aliphatic carbocycles. The lowest BCUT2D eigenvalue weighted by atomic mass is 10.3. The summed E-state index contributed by atoms with van der Waals surface area (Å²) in [5.74, 6) is -0.534. The second kappa shape index (κ2) is 8.45. The van der Waals surface area contributed by atoms with Gasteiger partial charge >= 0.3 is 0 Å². The number of rotatable bonds is 6. The van der Waals surface area contributed by atoms with Crippen LogP contribution >= 0.6 is 34.8 Å². The van der Waals surface area contributed by atoms with Gasteiger partial charge in [-0.05, 0) is 37.3 Å². The molecule has 2 rings (SSSR count). The van der Waals surface area contributed by atoms with Gasteiger partial charge < -0.3 is 10.1 Å². The zero-order valence-corrected chi connectivity index (χ0v) is 16.8. The minimum atomic E-state index is -4.07. The molecule has 0 aromatic heterocycles. The van der Waals surface area contributed by atoms with E-state index in [-0.39, 0.29) is 31.4 Å². The maximum Gasteiger partial charge on any atom is 0.245 e.